The second-order valence-electron chi connectivity index (χ2n) is 18.7. The first kappa shape index (κ1) is 58.9. The van der Waals surface area contributed by atoms with Gasteiger partial charge in [0.1, 0.15) is 48.8 Å². The Hall–Kier alpha value is -1.27. The minimum Gasteiger partial charge on any atom is -0.394 e. The van der Waals surface area contributed by atoms with Crippen molar-refractivity contribution in [3.05, 3.63) is 12.2 Å². The highest BCUT2D eigenvalue weighted by Crippen LogP contribution is 2.30. The molecular formula is C50H95NO13. The summed E-state index contributed by atoms with van der Waals surface area (Å²) in [6.07, 6.45) is 22.5. The maximum absolute atomic E-state index is 13.2. The zero-order valence-corrected chi connectivity index (χ0v) is 40.0. The topological polar surface area (TPSA) is 228 Å². The van der Waals surface area contributed by atoms with Gasteiger partial charge in [0.15, 0.2) is 12.6 Å². The molecular weight excluding hydrogens is 823 g/mol. The molecule has 2 aliphatic rings. The highest BCUT2D eigenvalue weighted by atomic mass is 16.7. The van der Waals surface area contributed by atoms with Crippen LogP contribution in [-0.4, -0.2) is 140 Å². The highest BCUT2D eigenvalue weighted by Gasteiger charge is 2.51. The largest absolute Gasteiger partial charge is 0.394 e. The smallest absolute Gasteiger partial charge is 0.220 e. The van der Waals surface area contributed by atoms with Gasteiger partial charge in [-0.25, -0.2) is 0 Å². The van der Waals surface area contributed by atoms with Gasteiger partial charge in [-0.15, -0.1) is 0 Å². The lowest BCUT2D eigenvalue weighted by Crippen LogP contribution is -2.65. The van der Waals surface area contributed by atoms with Gasteiger partial charge in [0.25, 0.3) is 0 Å². The standard InChI is InChI=1S/C50H95NO13/c1-3-5-7-9-11-13-15-17-18-19-20-21-22-24-26-28-30-32-34-42(55)51-38(39(54)33-31-29-27-25-23-16-14-12-10-8-6-4-2)37-61-49-47(60)45(58)48(41(36-53)63-49)64-50-46(59)44(57)43(56)40(35-52)62-50/h31,33,38-41,43-50,52-54,56-60H,3-30,32,34-37H2,1-2H3,(H,51,55)/b33-31+/t38-,39+,40+,41+,43-,44?,45?,46?,47?,48+,49+,50-/m0/s1. The van der Waals surface area contributed by atoms with E-state index in [1.807, 2.05) is 6.08 Å². The fraction of sp³-hybridized carbons (Fsp3) is 0.940. The summed E-state index contributed by atoms with van der Waals surface area (Å²) < 4.78 is 22.7. The third-order valence-electron chi connectivity index (χ3n) is 13.0. The molecule has 2 aliphatic heterocycles. The Labute approximate surface area is 386 Å². The highest BCUT2D eigenvalue weighted by molar-refractivity contribution is 5.76. The second-order valence-corrected chi connectivity index (χ2v) is 18.7. The van der Waals surface area contributed by atoms with Crippen LogP contribution in [0.15, 0.2) is 12.2 Å². The normalized spacial score (nSPS) is 27.3. The maximum atomic E-state index is 13.2. The molecule has 0 saturated carbocycles. The third kappa shape index (κ3) is 24.7. The molecule has 9 N–H and O–H groups in total. The molecule has 0 spiro atoms. The monoisotopic (exact) mass is 918 g/mol. The van der Waals surface area contributed by atoms with E-state index in [1.54, 1.807) is 6.08 Å². The van der Waals surface area contributed by atoms with Crippen molar-refractivity contribution < 1.29 is 64.6 Å². The van der Waals surface area contributed by atoms with Gasteiger partial charge >= 0.3 is 0 Å². The number of carbonyl (C=O) groups excluding carboxylic acids is 1. The summed E-state index contributed by atoms with van der Waals surface area (Å²) in [6, 6.07) is -0.907. The molecule has 0 radical (unpaired) electrons. The molecule has 2 rings (SSSR count). The number of aliphatic hydroxyl groups is 8. The Morgan fingerprint density at radius 1 is 0.547 bits per heavy atom. The van der Waals surface area contributed by atoms with Crippen LogP contribution in [0.5, 0.6) is 0 Å². The van der Waals surface area contributed by atoms with Crippen molar-refractivity contribution >= 4 is 5.91 Å². The van der Waals surface area contributed by atoms with Crippen LogP contribution < -0.4 is 5.32 Å². The lowest BCUT2D eigenvalue weighted by molar-refractivity contribution is -0.359. The van der Waals surface area contributed by atoms with Gasteiger partial charge in [-0.1, -0.05) is 193 Å². The van der Waals surface area contributed by atoms with Crippen LogP contribution in [0.4, 0.5) is 0 Å². The summed E-state index contributed by atoms with van der Waals surface area (Å²) in [6.45, 7) is 2.79. The first-order valence-electron chi connectivity index (χ1n) is 25.9. The van der Waals surface area contributed by atoms with Crippen LogP contribution in [-0.2, 0) is 23.7 Å². The maximum Gasteiger partial charge on any atom is 0.220 e. The number of nitrogens with one attached hydrogen (secondary N) is 1. The minimum atomic E-state index is -1.78. The van der Waals surface area contributed by atoms with Crippen LogP contribution in [0.2, 0.25) is 0 Å². The van der Waals surface area contributed by atoms with Crippen LogP contribution in [0, 0.1) is 0 Å². The van der Waals surface area contributed by atoms with E-state index in [1.165, 1.54) is 141 Å². The summed E-state index contributed by atoms with van der Waals surface area (Å²) in [5.41, 5.74) is 0. The summed E-state index contributed by atoms with van der Waals surface area (Å²) in [7, 11) is 0. The predicted octanol–water partition coefficient (Wildman–Crippen LogP) is 6.77. The summed E-state index contributed by atoms with van der Waals surface area (Å²) in [5, 5.41) is 86.7. The lowest BCUT2D eigenvalue weighted by Gasteiger charge is -2.46. The van der Waals surface area contributed by atoms with Crippen molar-refractivity contribution in [2.45, 2.75) is 280 Å². The Morgan fingerprint density at radius 2 is 0.969 bits per heavy atom. The molecule has 1 amide bonds. The lowest BCUT2D eigenvalue weighted by atomic mass is 9.97. The molecule has 64 heavy (non-hydrogen) atoms. The Balaban J connectivity index is 1.82. The first-order chi connectivity index (χ1) is 31.1. The number of aliphatic hydroxyl groups excluding tert-OH is 8. The van der Waals surface area contributed by atoms with Gasteiger partial charge in [-0.2, -0.15) is 0 Å². The van der Waals surface area contributed by atoms with Crippen LogP contribution in [0.25, 0.3) is 0 Å². The van der Waals surface area contributed by atoms with E-state index in [2.05, 4.69) is 19.2 Å². The van der Waals surface area contributed by atoms with Crippen LogP contribution in [0.1, 0.15) is 206 Å². The van der Waals surface area contributed by atoms with Crippen molar-refractivity contribution in [1.29, 1.82) is 0 Å². The quantitative estimate of drug-likeness (QED) is 0.0229. The molecule has 0 aromatic rings. The number of amides is 1. The van der Waals surface area contributed by atoms with Gasteiger partial charge < -0.3 is 65.1 Å². The Bertz CT molecular complexity index is 1130. The molecule has 0 aromatic heterocycles. The van der Waals surface area contributed by atoms with E-state index in [0.29, 0.717) is 6.42 Å². The molecule has 2 fully saturated rings. The average Bonchev–Trinajstić information content (AvgIpc) is 3.29. The molecule has 0 aromatic carbocycles. The molecule has 14 nitrogen and oxygen atoms in total. The summed E-state index contributed by atoms with van der Waals surface area (Å²) in [4.78, 5) is 13.2. The number of hydrogen-bond donors (Lipinski definition) is 9. The molecule has 12 atom stereocenters. The van der Waals surface area contributed by atoms with E-state index < -0.39 is 86.8 Å². The fourth-order valence-electron chi connectivity index (χ4n) is 8.70. The van der Waals surface area contributed by atoms with E-state index >= 15 is 0 Å². The third-order valence-corrected chi connectivity index (χ3v) is 13.0. The van der Waals surface area contributed by atoms with E-state index in [-0.39, 0.29) is 18.9 Å². The Morgan fingerprint density at radius 3 is 1.44 bits per heavy atom. The number of ether oxygens (including phenoxy) is 4. The van der Waals surface area contributed by atoms with E-state index in [0.717, 1.165) is 38.5 Å². The SMILES string of the molecule is CCCCCCCCCCCC/C=C/[C@@H](O)[C@H](CO[C@@H]1O[C@H](CO)[C@@H](O[C@@H]2O[C@H](CO)[C@H](O)C(O)C2O)C(O)C1O)NC(=O)CCCCCCCCCCCCCCCCCCCC. The second kappa shape index (κ2) is 37.7. The van der Waals surface area contributed by atoms with Crippen molar-refractivity contribution in [3.8, 4) is 0 Å². The van der Waals surface area contributed by atoms with Crippen LogP contribution >= 0.6 is 0 Å². The first-order valence-corrected chi connectivity index (χ1v) is 25.9. The fourth-order valence-corrected chi connectivity index (χ4v) is 8.70. The van der Waals surface area contributed by atoms with Gasteiger partial charge in [-0.3, -0.25) is 4.79 Å². The molecule has 14 heteroatoms. The number of unbranched alkanes of at least 4 members (excludes halogenated alkanes) is 27. The molecule has 0 bridgehead atoms. The van der Waals surface area contributed by atoms with Crippen molar-refractivity contribution in [1.82, 2.24) is 5.32 Å². The van der Waals surface area contributed by atoms with E-state index in [9.17, 15) is 45.6 Å². The zero-order valence-electron chi connectivity index (χ0n) is 40.0. The summed E-state index contributed by atoms with van der Waals surface area (Å²) in [5.74, 6) is -0.237. The van der Waals surface area contributed by atoms with E-state index in [4.69, 9.17) is 18.9 Å². The zero-order chi connectivity index (χ0) is 46.8. The molecule has 2 saturated heterocycles. The van der Waals surface area contributed by atoms with Gasteiger partial charge in [0.05, 0.1) is 32.0 Å². The number of carbonyl (C=O) groups is 1. The van der Waals surface area contributed by atoms with Crippen molar-refractivity contribution in [2.75, 3.05) is 19.8 Å². The molecule has 0 aliphatic carbocycles. The Kier molecular flexibility index (Phi) is 34.7. The minimum absolute atomic E-state index is 0.237. The number of rotatable bonds is 40. The predicted molar refractivity (Wildman–Crippen MR) is 249 cm³/mol. The number of allylic oxidation sites excluding steroid dienone is 1. The van der Waals surface area contributed by atoms with Gasteiger partial charge in [-0.05, 0) is 19.3 Å². The summed E-state index contributed by atoms with van der Waals surface area (Å²) >= 11 is 0. The molecule has 378 valence electrons. The average molecular weight is 918 g/mol. The molecule has 4 unspecified atom stereocenters. The molecule has 2 heterocycles. The van der Waals surface area contributed by atoms with Crippen LogP contribution in [0.3, 0.4) is 0 Å². The van der Waals surface area contributed by atoms with Gasteiger partial charge in [0, 0.05) is 6.42 Å². The van der Waals surface area contributed by atoms with Crippen molar-refractivity contribution in [3.63, 3.8) is 0 Å². The van der Waals surface area contributed by atoms with Crippen molar-refractivity contribution in [2.24, 2.45) is 0 Å². The number of hydrogen-bond acceptors (Lipinski definition) is 13. The van der Waals surface area contributed by atoms with Gasteiger partial charge in [0.2, 0.25) is 5.91 Å².